The van der Waals surface area contributed by atoms with Crippen LogP contribution < -0.4 is 15.4 Å². The molecule has 2 aromatic rings. The van der Waals surface area contributed by atoms with E-state index in [2.05, 4.69) is 92.9 Å². The summed E-state index contributed by atoms with van der Waals surface area (Å²) < 4.78 is 5.61. The van der Waals surface area contributed by atoms with Gasteiger partial charge in [0.15, 0.2) is 0 Å². The predicted octanol–water partition coefficient (Wildman–Crippen LogP) is 6.72. The van der Waals surface area contributed by atoms with E-state index >= 15 is 0 Å². The quantitative estimate of drug-likeness (QED) is 0.454. The highest BCUT2D eigenvalue weighted by Crippen LogP contribution is 2.37. The predicted molar refractivity (Wildman–Crippen MR) is 124 cm³/mol. The van der Waals surface area contributed by atoms with Crippen molar-refractivity contribution in [1.29, 1.82) is 0 Å². The van der Waals surface area contributed by atoms with Gasteiger partial charge in [-0.25, -0.2) is 0 Å². The second-order valence-electron chi connectivity index (χ2n) is 7.48. The molecule has 0 saturated heterocycles. The number of anilines is 2. The van der Waals surface area contributed by atoms with E-state index in [0.717, 1.165) is 49.4 Å². The van der Waals surface area contributed by atoms with Gasteiger partial charge in [-0.3, -0.25) is 0 Å². The number of benzene rings is 2. The Morgan fingerprint density at radius 1 is 1.04 bits per heavy atom. The standard InChI is InChI=1S/C25H36N2O/c1-6-18-27-21-16-15-20(24(19-21)28-5)12-11-17-25(4,7-2)22-13-9-10-14-23(22)26-8-3/h9-16,19,26-27H,6-8,17-18H2,1-5H3/b12-11+. The van der Waals surface area contributed by atoms with Gasteiger partial charge < -0.3 is 15.4 Å². The molecule has 0 radical (unpaired) electrons. The first-order valence-electron chi connectivity index (χ1n) is 10.5. The molecule has 0 fully saturated rings. The lowest BCUT2D eigenvalue weighted by molar-refractivity contribution is 0.414. The van der Waals surface area contributed by atoms with Gasteiger partial charge in [-0.15, -0.1) is 0 Å². The first-order valence-corrected chi connectivity index (χ1v) is 10.5. The molecule has 1 atom stereocenters. The van der Waals surface area contributed by atoms with Gasteiger partial charge in [0, 0.05) is 36.1 Å². The van der Waals surface area contributed by atoms with Crippen molar-refractivity contribution in [2.24, 2.45) is 0 Å². The average Bonchev–Trinajstić information content (AvgIpc) is 2.73. The van der Waals surface area contributed by atoms with Gasteiger partial charge in [0.25, 0.3) is 0 Å². The van der Waals surface area contributed by atoms with Crippen LogP contribution in [0.15, 0.2) is 48.5 Å². The minimum Gasteiger partial charge on any atom is -0.496 e. The van der Waals surface area contributed by atoms with Crippen molar-refractivity contribution >= 4 is 17.5 Å². The van der Waals surface area contributed by atoms with Crippen LogP contribution in [0.2, 0.25) is 0 Å². The monoisotopic (exact) mass is 380 g/mol. The molecule has 3 nitrogen and oxygen atoms in total. The van der Waals surface area contributed by atoms with Gasteiger partial charge in [0.1, 0.15) is 5.75 Å². The normalized spacial score (nSPS) is 13.3. The number of hydrogen-bond acceptors (Lipinski definition) is 3. The molecule has 2 rings (SSSR count). The Labute approximate surface area is 171 Å². The van der Waals surface area contributed by atoms with Crippen LogP contribution in [-0.4, -0.2) is 20.2 Å². The summed E-state index contributed by atoms with van der Waals surface area (Å²) in [6.07, 6.45) is 7.63. The van der Waals surface area contributed by atoms with E-state index in [4.69, 9.17) is 4.74 Å². The SMILES string of the molecule is CCCNc1ccc(/C=C/CC(C)(CC)c2ccccc2NCC)c(OC)c1. The number of para-hydroxylation sites is 1. The first kappa shape index (κ1) is 21.9. The second kappa shape index (κ2) is 10.8. The van der Waals surface area contributed by atoms with E-state index in [-0.39, 0.29) is 5.41 Å². The lowest BCUT2D eigenvalue weighted by Crippen LogP contribution is -2.22. The molecular formula is C25H36N2O. The van der Waals surface area contributed by atoms with Gasteiger partial charge >= 0.3 is 0 Å². The number of ether oxygens (including phenoxy) is 1. The number of allylic oxidation sites excluding steroid dienone is 1. The van der Waals surface area contributed by atoms with E-state index in [1.54, 1.807) is 7.11 Å². The highest BCUT2D eigenvalue weighted by atomic mass is 16.5. The maximum Gasteiger partial charge on any atom is 0.128 e. The van der Waals surface area contributed by atoms with E-state index in [0.29, 0.717) is 0 Å². The molecule has 1 unspecified atom stereocenters. The van der Waals surface area contributed by atoms with Crippen LogP contribution in [-0.2, 0) is 5.41 Å². The zero-order valence-electron chi connectivity index (χ0n) is 18.1. The fraction of sp³-hybridized carbons (Fsp3) is 0.440. The van der Waals surface area contributed by atoms with E-state index in [9.17, 15) is 0 Å². The molecule has 0 amide bonds. The molecule has 0 aliphatic heterocycles. The smallest absolute Gasteiger partial charge is 0.128 e. The summed E-state index contributed by atoms with van der Waals surface area (Å²) in [4.78, 5) is 0. The van der Waals surface area contributed by atoms with Crippen molar-refractivity contribution in [3.05, 3.63) is 59.7 Å². The van der Waals surface area contributed by atoms with Gasteiger partial charge in [0.05, 0.1) is 7.11 Å². The third kappa shape index (κ3) is 5.54. The summed E-state index contributed by atoms with van der Waals surface area (Å²) in [5.74, 6) is 0.906. The maximum absolute atomic E-state index is 5.61. The third-order valence-corrected chi connectivity index (χ3v) is 5.40. The molecule has 28 heavy (non-hydrogen) atoms. The van der Waals surface area contributed by atoms with Gasteiger partial charge in [-0.2, -0.15) is 0 Å². The summed E-state index contributed by atoms with van der Waals surface area (Å²) in [7, 11) is 1.74. The Balaban J connectivity index is 2.20. The number of nitrogens with one attached hydrogen (secondary N) is 2. The summed E-state index contributed by atoms with van der Waals surface area (Å²) in [6.45, 7) is 10.8. The molecule has 0 bridgehead atoms. The Morgan fingerprint density at radius 3 is 2.50 bits per heavy atom. The number of rotatable bonds is 11. The van der Waals surface area contributed by atoms with E-state index < -0.39 is 0 Å². The number of hydrogen-bond donors (Lipinski definition) is 2. The zero-order chi connectivity index (χ0) is 20.4. The van der Waals surface area contributed by atoms with Crippen LogP contribution in [0.25, 0.3) is 6.08 Å². The van der Waals surface area contributed by atoms with Crippen LogP contribution in [0.5, 0.6) is 5.75 Å². The van der Waals surface area contributed by atoms with Gasteiger partial charge in [0.2, 0.25) is 0 Å². The summed E-state index contributed by atoms with van der Waals surface area (Å²) >= 11 is 0. The third-order valence-electron chi connectivity index (χ3n) is 5.40. The van der Waals surface area contributed by atoms with Crippen molar-refractivity contribution in [3.8, 4) is 5.75 Å². The van der Waals surface area contributed by atoms with Crippen LogP contribution in [0.1, 0.15) is 58.1 Å². The molecule has 0 heterocycles. The molecular weight excluding hydrogens is 344 g/mol. The van der Waals surface area contributed by atoms with Crippen molar-refractivity contribution in [2.45, 2.75) is 52.4 Å². The molecule has 0 spiro atoms. The molecule has 2 aromatic carbocycles. The highest BCUT2D eigenvalue weighted by molar-refractivity contribution is 5.63. The Hall–Kier alpha value is -2.42. The van der Waals surface area contributed by atoms with Crippen molar-refractivity contribution < 1.29 is 4.74 Å². The minimum absolute atomic E-state index is 0.0884. The molecule has 2 N–H and O–H groups in total. The molecule has 0 aromatic heterocycles. The maximum atomic E-state index is 5.61. The molecule has 152 valence electrons. The second-order valence-corrected chi connectivity index (χ2v) is 7.48. The fourth-order valence-corrected chi connectivity index (χ4v) is 3.47. The van der Waals surface area contributed by atoms with Crippen molar-refractivity contribution in [2.75, 3.05) is 30.8 Å². The zero-order valence-corrected chi connectivity index (χ0v) is 18.1. The van der Waals surface area contributed by atoms with Gasteiger partial charge in [-0.05, 0) is 55.4 Å². The van der Waals surface area contributed by atoms with Crippen molar-refractivity contribution in [3.63, 3.8) is 0 Å². The molecule has 0 aliphatic carbocycles. The largest absolute Gasteiger partial charge is 0.496 e. The minimum atomic E-state index is 0.0884. The lowest BCUT2D eigenvalue weighted by atomic mass is 9.76. The van der Waals surface area contributed by atoms with Crippen molar-refractivity contribution in [1.82, 2.24) is 0 Å². The molecule has 3 heteroatoms. The summed E-state index contributed by atoms with van der Waals surface area (Å²) in [5.41, 5.74) is 4.93. The first-order chi connectivity index (χ1) is 13.6. The fourth-order valence-electron chi connectivity index (χ4n) is 3.47. The lowest BCUT2D eigenvalue weighted by Gasteiger charge is -2.30. The van der Waals surface area contributed by atoms with E-state index in [1.807, 2.05) is 0 Å². The highest BCUT2D eigenvalue weighted by Gasteiger charge is 2.25. The Bertz CT molecular complexity index is 769. The Kier molecular flexibility index (Phi) is 8.43. The van der Waals surface area contributed by atoms with Gasteiger partial charge in [-0.1, -0.05) is 51.1 Å². The summed E-state index contributed by atoms with van der Waals surface area (Å²) in [6, 6.07) is 15.0. The average molecular weight is 381 g/mol. The van der Waals surface area contributed by atoms with Crippen LogP contribution in [0.3, 0.4) is 0 Å². The number of methoxy groups -OCH3 is 1. The Morgan fingerprint density at radius 2 is 1.82 bits per heavy atom. The van der Waals surface area contributed by atoms with E-state index in [1.165, 1.54) is 11.3 Å². The van der Waals surface area contributed by atoms with Crippen LogP contribution >= 0.6 is 0 Å². The molecule has 0 saturated carbocycles. The van der Waals surface area contributed by atoms with Crippen LogP contribution in [0, 0.1) is 0 Å². The van der Waals surface area contributed by atoms with Crippen LogP contribution in [0.4, 0.5) is 11.4 Å². The molecule has 0 aliphatic rings. The topological polar surface area (TPSA) is 33.3 Å². The summed E-state index contributed by atoms with van der Waals surface area (Å²) in [5, 5.41) is 6.93.